The molecule has 0 amide bonds. The van der Waals surface area contributed by atoms with Crippen LogP contribution in [0.2, 0.25) is 0 Å². The Balaban J connectivity index is 1.82. The van der Waals surface area contributed by atoms with Crippen LogP contribution in [-0.4, -0.2) is 34.4 Å². The smallest absolute Gasteiger partial charge is 0.265 e. The van der Waals surface area contributed by atoms with Crippen molar-refractivity contribution in [3.05, 3.63) is 58.7 Å². The Morgan fingerprint density at radius 2 is 1.85 bits per heavy atom. The summed E-state index contributed by atoms with van der Waals surface area (Å²) in [5, 5.41) is 3.73. The van der Waals surface area contributed by atoms with Gasteiger partial charge in [-0.15, -0.1) is 0 Å². The van der Waals surface area contributed by atoms with E-state index in [-0.39, 0.29) is 5.56 Å². The second kappa shape index (κ2) is 7.69. The number of rotatable bonds is 4. The van der Waals surface area contributed by atoms with Crippen LogP contribution in [0.5, 0.6) is 0 Å². The van der Waals surface area contributed by atoms with Crippen LogP contribution in [0.15, 0.2) is 58.0 Å². The molecule has 2 aromatic carbocycles. The molecule has 2 heterocycles. The normalized spacial score (nSPS) is 16.2. The van der Waals surface area contributed by atoms with Crippen LogP contribution in [0.1, 0.15) is 12.0 Å². The van der Waals surface area contributed by atoms with E-state index in [2.05, 4.69) is 26.1 Å². The van der Waals surface area contributed by atoms with E-state index in [4.69, 9.17) is 0 Å². The van der Waals surface area contributed by atoms with Gasteiger partial charge in [0.2, 0.25) is 0 Å². The summed E-state index contributed by atoms with van der Waals surface area (Å²) in [6, 6.07) is 12.6. The van der Waals surface area contributed by atoms with Crippen molar-refractivity contribution in [1.82, 2.24) is 9.29 Å². The number of aromatic nitrogens is 1. The molecule has 1 unspecified atom stereocenters. The number of halogens is 3. The van der Waals surface area contributed by atoms with E-state index < -0.39 is 17.4 Å². The SMILES string of the molecule is O=S(c1ccccc1Br)n1cc(C(F)F)c2cc(N3CCNCC3)ccc21. The predicted molar refractivity (Wildman–Crippen MR) is 108 cm³/mol. The second-order valence-electron chi connectivity index (χ2n) is 6.33. The molecule has 4 nitrogen and oxygen atoms in total. The summed E-state index contributed by atoms with van der Waals surface area (Å²) >= 11 is 3.39. The Labute approximate surface area is 166 Å². The van der Waals surface area contributed by atoms with Crippen molar-refractivity contribution >= 4 is 43.5 Å². The van der Waals surface area contributed by atoms with Crippen molar-refractivity contribution in [3.8, 4) is 0 Å². The first-order valence-corrected chi connectivity index (χ1v) is 10.5. The minimum absolute atomic E-state index is 0.0950. The number of alkyl halides is 2. The minimum Gasteiger partial charge on any atom is -0.369 e. The van der Waals surface area contributed by atoms with Crippen molar-refractivity contribution in [2.24, 2.45) is 0 Å². The molecule has 1 aliphatic heterocycles. The third-order valence-corrected chi connectivity index (χ3v) is 7.05. The van der Waals surface area contributed by atoms with Gasteiger partial charge in [0.25, 0.3) is 6.43 Å². The number of fused-ring (bicyclic) bond motifs is 1. The first-order chi connectivity index (χ1) is 13.1. The van der Waals surface area contributed by atoms with E-state index in [1.807, 2.05) is 12.1 Å². The van der Waals surface area contributed by atoms with Gasteiger partial charge in [-0.3, -0.25) is 3.97 Å². The third-order valence-electron chi connectivity index (χ3n) is 4.71. The molecule has 142 valence electrons. The third kappa shape index (κ3) is 3.53. The lowest BCUT2D eigenvalue weighted by molar-refractivity contribution is 0.153. The average molecular weight is 454 g/mol. The molecule has 8 heteroatoms. The van der Waals surface area contributed by atoms with Crippen LogP contribution in [0.25, 0.3) is 10.9 Å². The Kier molecular flexibility index (Phi) is 5.29. The fourth-order valence-corrected chi connectivity index (χ4v) is 5.23. The number of piperazine rings is 1. The highest BCUT2D eigenvalue weighted by molar-refractivity contribution is 9.10. The molecule has 1 fully saturated rings. The lowest BCUT2D eigenvalue weighted by atomic mass is 10.1. The van der Waals surface area contributed by atoms with Crippen LogP contribution in [-0.2, 0) is 11.0 Å². The molecule has 0 bridgehead atoms. The molecule has 0 radical (unpaired) electrons. The maximum absolute atomic E-state index is 13.7. The molecule has 1 aromatic heterocycles. The van der Waals surface area contributed by atoms with E-state index in [1.165, 1.54) is 10.2 Å². The lowest BCUT2D eigenvalue weighted by Gasteiger charge is -2.29. The number of nitrogens with one attached hydrogen (secondary N) is 1. The Morgan fingerprint density at radius 3 is 2.56 bits per heavy atom. The van der Waals surface area contributed by atoms with E-state index in [9.17, 15) is 13.0 Å². The number of hydrogen-bond acceptors (Lipinski definition) is 3. The van der Waals surface area contributed by atoms with Gasteiger partial charge in [0.05, 0.1) is 10.4 Å². The minimum atomic E-state index is -2.64. The van der Waals surface area contributed by atoms with Crippen molar-refractivity contribution in [1.29, 1.82) is 0 Å². The molecule has 3 aromatic rings. The molecule has 27 heavy (non-hydrogen) atoms. The fourth-order valence-electron chi connectivity index (χ4n) is 3.34. The summed E-state index contributed by atoms with van der Waals surface area (Å²) in [6.07, 6.45) is -1.32. The summed E-state index contributed by atoms with van der Waals surface area (Å²) in [5.41, 5.74) is 1.36. The van der Waals surface area contributed by atoms with Crippen LogP contribution in [0.4, 0.5) is 14.5 Å². The molecular formula is C19H18BrF2N3OS. The largest absolute Gasteiger partial charge is 0.369 e. The summed E-state index contributed by atoms with van der Waals surface area (Å²) in [5.74, 6) is 0. The van der Waals surface area contributed by atoms with Crippen molar-refractivity contribution in [2.45, 2.75) is 11.3 Å². The van der Waals surface area contributed by atoms with Gasteiger partial charge in [-0.1, -0.05) is 12.1 Å². The average Bonchev–Trinajstić information content (AvgIpc) is 3.07. The quantitative estimate of drug-likeness (QED) is 0.638. The zero-order chi connectivity index (χ0) is 19.0. The first-order valence-electron chi connectivity index (χ1n) is 8.62. The molecule has 4 rings (SSSR count). The molecular weight excluding hydrogens is 436 g/mol. The number of hydrogen-bond donors (Lipinski definition) is 1. The lowest BCUT2D eigenvalue weighted by Crippen LogP contribution is -2.43. The van der Waals surface area contributed by atoms with Gasteiger partial charge >= 0.3 is 0 Å². The zero-order valence-corrected chi connectivity index (χ0v) is 16.8. The van der Waals surface area contributed by atoms with Gasteiger partial charge in [-0.05, 0) is 46.3 Å². The molecule has 1 atom stereocenters. The first kappa shape index (κ1) is 18.6. The summed E-state index contributed by atoms with van der Waals surface area (Å²) in [7, 11) is -1.63. The van der Waals surface area contributed by atoms with Crippen LogP contribution >= 0.6 is 15.9 Å². The van der Waals surface area contributed by atoms with Crippen LogP contribution in [0.3, 0.4) is 0 Å². The maximum atomic E-state index is 13.7. The fraction of sp³-hybridized carbons (Fsp3) is 0.263. The Morgan fingerprint density at radius 1 is 1.11 bits per heavy atom. The van der Waals surface area contributed by atoms with E-state index in [0.717, 1.165) is 31.9 Å². The van der Waals surface area contributed by atoms with Gasteiger partial charge in [-0.2, -0.15) is 0 Å². The van der Waals surface area contributed by atoms with Crippen molar-refractivity contribution < 1.29 is 13.0 Å². The molecule has 0 aliphatic carbocycles. The molecule has 1 saturated heterocycles. The topological polar surface area (TPSA) is 37.3 Å². The monoisotopic (exact) mass is 453 g/mol. The number of anilines is 1. The Bertz CT molecular complexity index is 1000. The van der Waals surface area contributed by atoms with E-state index >= 15 is 0 Å². The highest BCUT2D eigenvalue weighted by atomic mass is 79.9. The van der Waals surface area contributed by atoms with Gasteiger partial charge in [0.15, 0.2) is 11.0 Å². The molecule has 1 aliphatic rings. The summed E-state index contributed by atoms with van der Waals surface area (Å²) in [6.45, 7) is 3.40. The summed E-state index contributed by atoms with van der Waals surface area (Å²) < 4.78 is 42.6. The van der Waals surface area contributed by atoms with E-state index in [1.54, 1.807) is 30.3 Å². The highest BCUT2D eigenvalue weighted by Gasteiger charge is 2.22. The molecule has 0 spiro atoms. The van der Waals surface area contributed by atoms with Crippen molar-refractivity contribution in [2.75, 3.05) is 31.1 Å². The predicted octanol–water partition coefficient (Wildman–Crippen LogP) is 4.32. The van der Waals surface area contributed by atoms with Crippen LogP contribution in [0, 0.1) is 0 Å². The van der Waals surface area contributed by atoms with Gasteiger partial charge in [-0.25, -0.2) is 13.0 Å². The highest BCUT2D eigenvalue weighted by Crippen LogP contribution is 2.34. The standard InChI is InChI=1S/C19H18BrF2N3OS/c20-16-3-1-2-4-18(16)27(26)25-12-15(19(21)22)14-11-13(5-6-17(14)25)24-9-7-23-8-10-24/h1-6,11-12,19,23H,7-10H2. The summed E-state index contributed by atoms with van der Waals surface area (Å²) in [4.78, 5) is 2.72. The van der Waals surface area contributed by atoms with Crippen LogP contribution < -0.4 is 10.2 Å². The number of nitrogens with zero attached hydrogens (tertiary/aromatic N) is 2. The number of benzene rings is 2. The van der Waals surface area contributed by atoms with Crippen molar-refractivity contribution in [3.63, 3.8) is 0 Å². The Hall–Kier alpha value is -1.77. The second-order valence-corrected chi connectivity index (χ2v) is 8.51. The van der Waals surface area contributed by atoms with E-state index in [0.29, 0.717) is 20.3 Å². The van der Waals surface area contributed by atoms with Gasteiger partial charge in [0, 0.05) is 53.5 Å². The van der Waals surface area contributed by atoms with Gasteiger partial charge < -0.3 is 10.2 Å². The molecule has 0 saturated carbocycles. The maximum Gasteiger partial charge on any atom is 0.265 e. The van der Waals surface area contributed by atoms with Gasteiger partial charge in [0.1, 0.15) is 0 Å². The zero-order valence-electron chi connectivity index (χ0n) is 14.4. The molecule has 1 N–H and O–H groups in total.